The quantitative estimate of drug-likeness (QED) is 0.801. The van der Waals surface area contributed by atoms with Crippen molar-refractivity contribution in [3.63, 3.8) is 0 Å². The van der Waals surface area contributed by atoms with Crippen LogP contribution in [0.1, 0.15) is 10.7 Å². The van der Waals surface area contributed by atoms with Gasteiger partial charge in [0, 0.05) is 49.4 Å². The molecule has 1 aromatic heterocycles. The molecular formula is C18H21N3O2S. The molecule has 0 aliphatic carbocycles. The summed E-state index contributed by atoms with van der Waals surface area (Å²) in [5.74, 6) is 0.901. The third-order valence-corrected chi connectivity index (χ3v) is 4.83. The van der Waals surface area contributed by atoms with Crippen molar-refractivity contribution in [1.29, 1.82) is 0 Å². The predicted molar refractivity (Wildman–Crippen MR) is 97.7 cm³/mol. The van der Waals surface area contributed by atoms with Gasteiger partial charge in [-0.2, -0.15) is 0 Å². The minimum atomic E-state index is 0.0472. The Morgan fingerprint density at radius 3 is 2.75 bits per heavy atom. The lowest BCUT2D eigenvalue weighted by Gasteiger charge is -2.35. The molecule has 6 heteroatoms. The van der Waals surface area contributed by atoms with E-state index in [1.165, 1.54) is 0 Å². The predicted octanol–water partition coefficient (Wildman–Crippen LogP) is 2.82. The van der Waals surface area contributed by atoms with Crippen molar-refractivity contribution in [1.82, 2.24) is 9.88 Å². The molecule has 2 heterocycles. The minimum Gasteiger partial charge on any atom is -0.497 e. The van der Waals surface area contributed by atoms with E-state index in [0.29, 0.717) is 0 Å². The molecule has 1 amide bonds. The number of nitrogens with zero attached hydrogens (tertiary/aromatic N) is 3. The summed E-state index contributed by atoms with van der Waals surface area (Å²) in [5.41, 5.74) is 1.98. The molecule has 0 bridgehead atoms. The van der Waals surface area contributed by atoms with Gasteiger partial charge >= 0.3 is 0 Å². The molecule has 0 N–H and O–H groups in total. The zero-order valence-corrected chi connectivity index (χ0v) is 14.8. The van der Waals surface area contributed by atoms with Gasteiger partial charge in [-0.1, -0.05) is 6.07 Å². The van der Waals surface area contributed by atoms with Crippen LogP contribution in [0.2, 0.25) is 0 Å². The van der Waals surface area contributed by atoms with Crippen molar-refractivity contribution in [2.75, 3.05) is 38.2 Å². The summed E-state index contributed by atoms with van der Waals surface area (Å²) in [5, 5.41) is 2.97. The molecule has 0 unspecified atom stereocenters. The average molecular weight is 343 g/mol. The van der Waals surface area contributed by atoms with Crippen LogP contribution in [-0.2, 0) is 4.79 Å². The van der Waals surface area contributed by atoms with Crippen LogP contribution in [0.5, 0.6) is 5.75 Å². The number of benzene rings is 1. The number of thiazole rings is 1. The highest BCUT2D eigenvalue weighted by molar-refractivity contribution is 7.09. The highest BCUT2D eigenvalue weighted by Gasteiger charge is 2.20. The zero-order chi connectivity index (χ0) is 16.9. The van der Waals surface area contributed by atoms with Crippen LogP contribution in [0.3, 0.4) is 0 Å². The summed E-state index contributed by atoms with van der Waals surface area (Å²) in [7, 11) is 1.67. The van der Waals surface area contributed by atoms with Gasteiger partial charge in [-0.25, -0.2) is 4.98 Å². The molecule has 0 saturated carbocycles. The van der Waals surface area contributed by atoms with Crippen molar-refractivity contribution < 1.29 is 9.53 Å². The molecule has 1 aliphatic rings. The fourth-order valence-electron chi connectivity index (χ4n) is 2.71. The Morgan fingerprint density at radius 2 is 2.08 bits per heavy atom. The number of piperazine rings is 1. The molecule has 1 aromatic carbocycles. The molecule has 0 atom stereocenters. The number of aromatic nitrogens is 1. The van der Waals surface area contributed by atoms with E-state index in [4.69, 9.17) is 4.74 Å². The van der Waals surface area contributed by atoms with Crippen molar-refractivity contribution in [2.45, 2.75) is 6.92 Å². The van der Waals surface area contributed by atoms with E-state index in [1.54, 1.807) is 30.6 Å². The van der Waals surface area contributed by atoms with Gasteiger partial charge in [0.2, 0.25) is 5.91 Å². The van der Waals surface area contributed by atoms with Gasteiger partial charge in [-0.15, -0.1) is 11.3 Å². The summed E-state index contributed by atoms with van der Waals surface area (Å²) in [6, 6.07) is 8.03. The summed E-state index contributed by atoms with van der Waals surface area (Å²) >= 11 is 1.59. The van der Waals surface area contributed by atoms with E-state index in [9.17, 15) is 4.79 Å². The van der Waals surface area contributed by atoms with Crippen LogP contribution in [-0.4, -0.2) is 49.1 Å². The van der Waals surface area contributed by atoms with Gasteiger partial charge in [0.1, 0.15) is 5.75 Å². The van der Waals surface area contributed by atoms with Crippen LogP contribution >= 0.6 is 11.3 Å². The highest BCUT2D eigenvalue weighted by Crippen LogP contribution is 2.22. The number of hydrogen-bond acceptors (Lipinski definition) is 5. The molecule has 0 radical (unpaired) electrons. The number of carbonyl (C=O) groups is 1. The molecule has 24 heavy (non-hydrogen) atoms. The molecule has 5 nitrogen and oxygen atoms in total. The number of ether oxygens (including phenoxy) is 1. The number of amides is 1. The third kappa shape index (κ3) is 3.94. The second kappa shape index (κ2) is 7.49. The molecule has 1 aliphatic heterocycles. The van der Waals surface area contributed by atoms with E-state index in [2.05, 4.69) is 16.0 Å². The van der Waals surface area contributed by atoms with Crippen LogP contribution in [0.25, 0.3) is 6.08 Å². The number of anilines is 1. The lowest BCUT2D eigenvalue weighted by Crippen LogP contribution is -2.48. The van der Waals surface area contributed by atoms with E-state index < -0.39 is 0 Å². The fourth-order valence-corrected chi connectivity index (χ4v) is 3.29. The smallest absolute Gasteiger partial charge is 0.246 e. The first-order chi connectivity index (χ1) is 11.7. The Labute approximate surface area is 146 Å². The van der Waals surface area contributed by atoms with Gasteiger partial charge in [0.05, 0.1) is 17.8 Å². The Kier molecular flexibility index (Phi) is 5.15. The second-order valence-corrected chi connectivity index (χ2v) is 6.70. The Balaban J connectivity index is 1.56. The number of methoxy groups -OCH3 is 1. The first-order valence-corrected chi connectivity index (χ1v) is 8.82. The summed E-state index contributed by atoms with van der Waals surface area (Å²) in [4.78, 5) is 20.8. The van der Waals surface area contributed by atoms with Crippen LogP contribution in [0.4, 0.5) is 5.69 Å². The largest absolute Gasteiger partial charge is 0.497 e. The Morgan fingerprint density at radius 1 is 1.29 bits per heavy atom. The lowest BCUT2D eigenvalue weighted by atomic mass is 10.2. The SMILES string of the molecule is COc1cccc(N2CCN(C(=O)/C=C/c3csc(C)n3)CC2)c1. The fraction of sp³-hybridized carbons (Fsp3) is 0.333. The molecule has 1 saturated heterocycles. The van der Waals surface area contributed by atoms with E-state index in [-0.39, 0.29) is 5.91 Å². The normalized spacial score (nSPS) is 15.1. The van der Waals surface area contributed by atoms with Gasteiger partial charge in [-0.3, -0.25) is 4.79 Å². The minimum absolute atomic E-state index is 0.0472. The topological polar surface area (TPSA) is 45.7 Å². The zero-order valence-electron chi connectivity index (χ0n) is 13.9. The van der Waals surface area contributed by atoms with Crippen LogP contribution in [0, 0.1) is 6.92 Å². The van der Waals surface area contributed by atoms with Crippen molar-refractivity contribution >= 4 is 29.0 Å². The second-order valence-electron chi connectivity index (χ2n) is 5.64. The maximum absolute atomic E-state index is 12.3. The summed E-state index contributed by atoms with van der Waals surface area (Å²) < 4.78 is 5.28. The van der Waals surface area contributed by atoms with E-state index in [0.717, 1.165) is 48.3 Å². The van der Waals surface area contributed by atoms with Crippen LogP contribution < -0.4 is 9.64 Å². The van der Waals surface area contributed by atoms with Crippen LogP contribution in [0.15, 0.2) is 35.7 Å². The molecule has 126 valence electrons. The monoisotopic (exact) mass is 343 g/mol. The van der Waals surface area contributed by atoms with E-state index >= 15 is 0 Å². The average Bonchev–Trinajstić information content (AvgIpc) is 3.05. The van der Waals surface area contributed by atoms with Gasteiger partial charge in [-0.05, 0) is 25.1 Å². The molecular weight excluding hydrogens is 322 g/mol. The number of hydrogen-bond donors (Lipinski definition) is 0. The Bertz CT molecular complexity index is 733. The highest BCUT2D eigenvalue weighted by atomic mass is 32.1. The van der Waals surface area contributed by atoms with Crippen molar-refractivity contribution in [2.24, 2.45) is 0 Å². The molecule has 0 spiro atoms. The van der Waals surface area contributed by atoms with Crippen molar-refractivity contribution in [3.8, 4) is 5.75 Å². The first-order valence-electron chi connectivity index (χ1n) is 7.94. The number of aryl methyl sites for hydroxylation is 1. The molecule has 2 aromatic rings. The standard InChI is InChI=1S/C18H21N3O2S/c1-14-19-15(13-24-14)6-7-18(22)21-10-8-20(9-11-21)16-4-3-5-17(12-16)23-2/h3-7,12-13H,8-11H2,1-2H3/b7-6+. The first kappa shape index (κ1) is 16.5. The van der Waals surface area contributed by atoms with Gasteiger partial charge < -0.3 is 14.5 Å². The summed E-state index contributed by atoms with van der Waals surface area (Å²) in [6.07, 6.45) is 3.41. The van der Waals surface area contributed by atoms with Crippen molar-refractivity contribution in [3.05, 3.63) is 46.4 Å². The van der Waals surface area contributed by atoms with Gasteiger partial charge in [0.25, 0.3) is 0 Å². The van der Waals surface area contributed by atoms with Gasteiger partial charge in [0.15, 0.2) is 0 Å². The summed E-state index contributed by atoms with van der Waals surface area (Å²) in [6.45, 7) is 5.04. The molecule has 3 rings (SSSR count). The number of rotatable bonds is 4. The maximum Gasteiger partial charge on any atom is 0.246 e. The lowest BCUT2D eigenvalue weighted by molar-refractivity contribution is -0.126. The third-order valence-electron chi connectivity index (χ3n) is 4.04. The Hall–Kier alpha value is -2.34. The molecule has 1 fully saturated rings. The maximum atomic E-state index is 12.3. The van der Waals surface area contributed by atoms with E-state index in [1.807, 2.05) is 35.4 Å². The number of carbonyl (C=O) groups excluding carboxylic acids is 1.